The number of nitrogens with one attached hydrogen (secondary N) is 1. The summed E-state index contributed by atoms with van der Waals surface area (Å²) in [5.41, 5.74) is 1.39. The van der Waals surface area contributed by atoms with E-state index in [1.807, 2.05) is 16.4 Å². The molecule has 0 unspecified atom stereocenters. The maximum atomic E-state index is 12.7. The Balaban J connectivity index is 1.91. The molecule has 6 nitrogen and oxygen atoms in total. The summed E-state index contributed by atoms with van der Waals surface area (Å²) in [7, 11) is 0. The molecule has 1 N–H and O–H groups in total. The number of likely N-dealkylation sites (tertiary alicyclic amines) is 1. The van der Waals surface area contributed by atoms with E-state index in [9.17, 15) is 9.59 Å². The first-order valence-corrected chi connectivity index (χ1v) is 8.39. The number of carbonyl (C=O) groups is 2. The second-order valence-electron chi connectivity index (χ2n) is 6.09. The molecule has 1 fully saturated rings. The van der Waals surface area contributed by atoms with Crippen molar-refractivity contribution in [3.05, 3.63) is 17.2 Å². The molecule has 2 amide bonds. The summed E-state index contributed by atoms with van der Waals surface area (Å²) in [5.74, 6) is 0.293. The summed E-state index contributed by atoms with van der Waals surface area (Å²) in [4.78, 5) is 31.3. The predicted octanol–water partition coefficient (Wildman–Crippen LogP) is 1.60. The zero-order valence-corrected chi connectivity index (χ0v) is 13.2. The Morgan fingerprint density at radius 1 is 1.14 bits per heavy atom. The van der Waals surface area contributed by atoms with E-state index in [1.165, 1.54) is 0 Å². The van der Waals surface area contributed by atoms with Crippen molar-refractivity contribution in [2.24, 2.45) is 0 Å². The fraction of sp³-hybridized carbons (Fsp3) is 0.688. The van der Waals surface area contributed by atoms with Crippen LogP contribution in [0.1, 0.15) is 65.8 Å². The molecular formula is C16H24N4O2. The number of amides is 2. The Morgan fingerprint density at radius 3 is 2.59 bits per heavy atom. The van der Waals surface area contributed by atoms with Crippen molar-refractivity contribution in [3.8, 4) is 0 Å². The number of fused-ring (bicyclic) bond motifs is 1. The van der Waals surface area contributed by atoms with Crippen LogP contribution in [0.2, 0.25) is 0 Å². The third-order valence-electron chi connectivity index (χ3n) is 4.45. The van der Waals surface area contributed by atoms with Gasteiger partial charge in [0.25, 0.3) is 11.8 Å². The first kappa shape index (κ1) is 15.1. The van der Waals surface area contributed by atoms with Crippen molar-refractivity contribution in [3.63, 3.8) is 0 Å². The number of imidazole rings is 1. The van der Waals surface area contributed by atoms with Crippen LogP contribution in [0, 0.1) is 0 Å². The first-order chi connectivity index (χ1) is 10.7. The average molecular weight is 304 g/mol. The van der Waals surface area contributed by atoms with Crippen LogP contribution in [0.25, 0.3) is 0 Å². The summed E-state index contributed by atoms with van der Waals surface area (Å²) >= 11 is 0. The van der Waals surface area contributed by atoms with E-state index >= 15 is 0 Å². The molecule has 6 heteroatoms. The molecule has 2 aliphatic rings. The Labute approximate surface area is 130 Å². The van der Waals surface area contributed by atoms with Crippen LogP contribution in [0.15, 0.2) is 0 Å². The third kappa shape index (κ3) is 2.74. The van der Waals surface area contributed by atoms with Gasteiger partial charge < -0.3 is 14.8 Å². The van der Waals surface area contributed by atoms with Gasteiger partial charge in [-0.15, -0.1) is 0 Å². The van der Waals surface area contributed by atoms with Crippen LogP contribution in [-0.2, 0) is 13.0 Å². The van der Waals surface area contributed by atoms with Gasteiger partial charge in [-0.25, -0.2) is 4.98 Å². The SMILES string of the molecule is CCCNC(=O)c1nc(C(=O)N2CCCC2)n2c1CCCC2. The summed E-state index contributed by atoms with van der Waals surface area (Å²) in [6.45, 7) is 5.06. The highest BCUT2D eigenvalue weighted by Gasteiger charge is 2.30. The van der Waals surface area contributed by atoms with Gasteiger partial charge in [-0.2, -0.15) is 0 Å². The lowest BCUT2D eigenvalue weighted by Crippen LogP contribution is -2.31. The lowest BCUT2D eigenvalue weighted by Gasteiger charge is -2.19. The van der Waals surface area contributed by atoms with Crippen molar-refractivity contribution < 1.29 is 9.59 Å². The highest BCUT2D eigenvalue weighted by atomic mass is 16.2. The van der Waals surface area contributed by atoms with Gasteiger partial charge in [-0.1, -0.05) is 6.92 Å². The van der Waals surface area contributed by atoms with Crippen LogP contribution in [0.4, 0.5) is 0 Å². The molecule has 2 aliphatic heterocycles. The van der Waals surface area contributed by atoms with Crippen LogP contribution in [0.3, 0.4) is 0 Å². The van der Waals surface area contributed by atoms with E-state index < -0.39 is 0 Å². The van der Waals surface area contributed by atoms with Gasteiger partial charge in [0.05, 0.1) is 5.69 Å². The topological polar surface area (TPSA) is 67.2 Å². The minimum absolute atomic E-state index is 0.0183. The fourth-order valence-electron chi connectivity index (χ4n) is 3.27. The summed E-state index contributed by atoms with van der Waals surface area (Å²) in [6.07, 6.45) is 5.93. The van der Waals surface area contributed by atoms with Crippen molar-refractivity contribution in [1.29, 1.82) is 0 Å². The largest absolute Gasteiger partial charge is 0.351 e. The van der Waals surface area contributed by atoms with E-state index in [0.29, 0.717) is 18.1 Å². The normalized spacial score (nSPS) is 17.4. The van der Waals surface area contributed by atoms with Crippen molar-refractivity contribution in [2.75, 3.05) is 19.6 Å². The van der Waals surface area contributed by atoms with E-state index in [1.54, 1.807) is 0 Å². The average Bonchev–Trinajstić information content (AvgIpc) is 3.19. The fourth-order valence-corrected chi connectivity index (χ4v) is 3.27. The molecule has 1 saturated heterocycles. The zero-order chi connectivity index (χ0) is 15.5. The minimum Gasteiger partial charge on any atom is -0.351 e. The zero-order valence-electron chi connectivity index (χ0n) is 13.2. The molecule has 0 aliphatic carbocycles. The first-order valence-electron chi connectivity index (χ1n) is 8.39. The standard InChI is InChI=1S/C16H24N4O2/c1-2-8-17-15(21)13-12-7-3-4-11-20(12)14(18-13)16(22)19-9-5-6-10-19/h2-11H2,1H3,(H,17,21). The Bertz CT molecular complexity index is 573. The van der Waals surface area contributed by atoms with Gasteiger partial charge in [-0.3, -0.25) is 9.59 Å². The van der Waals surface area contributed by atoms with Crippen LogP contribution >= 0.6 is 0 Å². The van der Waals surface area contributed by atoms with Crippen molar-refractivity contribution >= 4 is 11.8 Å². The summed E-state index contributed by atoms with van der Waals surface area (Å²) in [5, 5.41) is 2.88. The van der Waals surface area contributed by atoms with Crippen molar-refractivity contribution in [1.82, 2.24) is 19.8 Å². The molecule has 3 rings (SSSR count). The molecule has 0 spiro atoms. The Kier molecular flexibility index (Phi) is 4.45. The predicted molar refractivity (Wildman–Crippen MR) is 82.9 cm³/mol. The molecule has 1 aromatic rings. The highest BCUT2D eigenvalue weighted by molar-refractivity contribution is 5.97. The van der Waals surface area contributed by atoms with Gasteiger partial charge in [-0.05, 0) is 38.5 Å². The number of hydrogen-bond acceptors (Lipinski definition) is 3. The molecule has 0 saturated carbocycles. The Morgan fingerprint density at radius 2 is 1.86 bits per heavy atom. The monoisotopic (exact) mass is 304 g/mol. The molecule has 120 valence electrons. The third-order valence-corrected chi connectivity index (χ3v) is 4.45. The van der Waals surface area contributed by atoms with Gasteiger partial charge in [0, 0.05) is 26.2 Å². The molecule has 1 aromatic heterocycles. The number of hydrogen-bond donors (Lipinski definition) is 1. The summed E-state index contributed by atoms with van der Waals surface area (Å²) in [6, 6.07) is 0. The molecule has 3 heterocycles. The number of nitrogens with zero attached hydrogens (tertiary/aromatic N) is 3. The second kappa shape index (κ2) is 6.50. The van der Waals surface area contributed by atoms with Crippen LogP contribution < -0.4 is 5.32 Å². The van der Waals surface area contributed by atoms with E-state index in [0.717, 1.165) is 63.9 Å². The minimum atomic E-state index is -0.145. The number of aromatic nitrogens is 2. The van der Waals surface area contributed by atoms with Gasteiger partial charge in [0.2, 0.25) is 0 Å². The van der Waals surface area contributed by atoms with E-state index in [2.05, 4.69) is 10.3 Å². The van der Waals surface area contributed by atoms with Gasteiger partial charge >= 0.3 is 0 Å². The van der Waals surface area contributed by atoms with Crippen LogP contribution in [-0.4, -0.2) is 45.9 Å². The molecular weight excluding hydrogens is 280 g/mol. The number of rotatable bonds is 4. The molecule has 0 radical (unpaired) electrons. The highest BCUT2D eigenvalue weighted by Crippen LogP contribution is 2.23. The van der Waals surface area contributed by atoms with Gasteiger partial charge in [0.1, 0.15) is 5.69 Å². The maximum absolute atomic E-state index is 12.7. The lowest BCUT2D eigenvalue weighted by atomic mass is 10.1. The van der Waals surface area contributed by atoms with E-state index in [4.69, 9.17) is 0 Å². The molecule has 0 atom stereocenters. The molecule has 0 bridgehead atoms. The van der Waals surface area contributed by atoms with E-state index in [-0.39, 0.29) is 11.8 Å². The smallest absolute Gasteiger partial charge is 0.289 e. The number of carbonyl (C=O) groups excluding carboxylic acids is 2. The van der Waals surface area contributed by atoms with Crippen LogP contribution in [0.5, 0.6) is 0 Å². The Hall–Kier alpha value is -1.85. The molecule has 0 aromatic carbocycles. The van der Waals surface area contributed by atoms with Gasteiger partial charge in [0.15, 0.2) is 5.82 Å². The quantitative estimate of drug-likeness (QED) is 0.918. The second-order valence-corrected chi connectivity index (χ2v) is 6.09. The van der Waals surface area contributed by atoms with Crippen molar-refractivity contribution in [2.45, 2.75) is 52.0 Å². The maximum Gasteiger partial charge on any atom is 0.289 e. The summed E-state index contributed by atoms with van der Waals surface area (Å²) < 4.78 is 1.98. The lowest BCUT2D eigenvalue weighted by molar-refractivity contribution is 0.0774. The molecule has 22 heavy (non-hydrogen) atoms.